The lowest BCUT2D eigenvalue weighted by molar-refractivity contribution is 0.0366. The molecule has 6 heteroatoms. The Labute approximate surface area is 220 Å². The Morgan fingerprint density at radius 2 is 1.89 bits per heavy atom. The van der Waals surface area contributed by atoms with Gasteiger partial charge in [-0.05, 0) is 105 Å². The van der Waals surface area contributed by atoms with Crippen LogP contribution in [0.15, 0.2) is 48.7 Å². The summed E-state index contributed by atoms with van der Waals surface area (Å²) in [7, 11) is 0. The quantitative estimate of drug-likeness (QED) is 0.463. The van der Waals surface area contributed by atoms with Crippen LogP contribution in [0.4, 0.5) is 5.69 Å². The molecule has 2 aromatic carbocycles. The molecule has 0 amide bonds. The fraction of sp³-hybridized carbons (Fsp3) is 0.548. The molecule has 3 saturated heterocycles. The highest BCUT2D eigenvalue weighted by Gasteiger charge is 2.59. The summed E-state index contributed by atoms with van der Waals surface area (Å²) >= 11 is 0. The normalized spacial score (nSPS) is 29.4. The third-order valence-corrected chi connectivity index (χ3v) is 8.72. The summed E-state index contributed by atoms with van der Waals surface area (Å²) in [6.07, 6.45) is 13.8. The van der Waals surface area contributed by atoms with Gasteiger partial charge >= 0.3 is 0 Å². The van der Waals surface area contributed by atoms with E-state index in [0.717, 1.165) is 60.8 Å². The fourth-order valence-electron chi connectivity index (χ4n) is 6.50. The lowest BCUT2D eigenvalue weighted by Crippen LogP contribution is -2.49. The van der Waals surface area contributed by atoms with Crippen LogP contribution in [0, 0.1) is 5.92 Å². The molecule has 37 heavy (non-hydrogen) atoms. The molecule has 4 aliphatic rings. The van der Waals surface area contributed by atoms with E-state index in [9.17, 15) is 5.11 Å². The average Bonchev–Trinajstić information content (AvgIpc) is 3.37. The molecular weight excluding hydrogens is 464 g/mol. The van der Waals surface area contributed by atoms with E-state index in [1.165, 1.54) is 45.2 Å². The zero-order chi connectivity index (χ0) is 25.1. The molecule has 0 radical (unpaired) electrons. The Kier molecular flexibility index (Phi) is 7.41. The Balaban J connectivity index is 1.02. The number of hydrogen-bond acceptors (Lipinski definition) is 6. The van der Waals surface area contributed by atoms with Crippen molar-refractivity contribution in [2.24, 2.45) is 5.92 Å². The first-order valence-corrected chi connectivity index (χ1v) is 14.2. The minimum Gasteiger partial charge on any atom is -0.493 e. The number of aliphatic hydroxyl groups excluding tert-OH is 1. The molecule has 3 heterocycles. The fourth-order valence-corrected chi connectivity index (χ4v) is 6.50. The summed E-state index contributed by atoms with van der Waals surface area (Å²) in [5, 5.41) is 13.1. The van der Waals surface area contributed by atoms with Gasteiger partial charge in [0.25, 0.3) is 0 Å². The summed E-state index contributed by atoms with van der Waals surface area (Å²) in [4.78, 5) is 2.69. The molecule has 4 fully saturated rings. The van der Waals surface area contributed by atoms with Crippen LogP contribution < -0.4 is 14.8 Å². The van der Waals surface area contributed by atoms with Crippen molar-refractivity contribution in [2.45, 2.75) is 75.7 Å². The number of piperidine rings is 2. The Bertz CT molecular complexity index is 1080. The number of fused-ring (bicyclic) bond motifs is 1. The van der Waals surface area contributed by atoms with Gasteiger partial charge < -0.3 is 24.6 Å². The minimum absolute atomic E-state index is 0.0118. The van der Waals surface area contributed by atoms with E-state index in [1.807, 2.05) is 54.7 Å². The number of aliphatic hydroxyl groups is 1. The zero-order valence-corrected chi connectivity index (χ0v) is 21.7. The highest BCUT2D eigenvalue weighted by atomic mass is 16.6. The second kappa shape index (κ2) is 11.1. The van der Waals surface area contributed by atoms with Gasteiger partial charge in [0.2, 0.25) is 0 Å². The highest BCUT2D eigenvalue weighted by molar-refractivity contribution is 5.60. The number of benzene rings is 2. The molecule has 3 aliphatic heterocycles. The maximum absolute atomic E-state index is 9.79. The van der Waals surface area contributed by atoms with Crippen molar-refractivity contribution < 1.29 is 19.3 Å². The van der Waals surface area contributed by atoms with Gasteiger partial charge in [0.15, 0.2) is 0 Å². The van der Waals surface area contributed by atoms with Gasteiger partial charge in [-0.15, -0.1) is 0 Å². The lowest BCUT2D eigenvalue weighted by Gasteiger charge is -2.44. The van der Waals surface area contributed by atoms with Crippen molar-refractivity contribution in [3.8, 4) is 11.5 Å². The molecular formula is C31H40N2O4. The average molecular weight is 505 g/mol. The molecule has 2 aromatic rings. The Morgan fingerprint density at radius 1 is 1.03 bits per heavy atom. The first-order valence-electron chi connectivity index (χ1n) is 14.2. The monoisotopic (exact) mass is 504 g/mol. The molecule has 1 aliphatic carbocycles. The van der Waals surface area contributed by atoms with Crippen molar-refractivity contribution in [2.75, 3.05) is 31.6 Å². The molecule has 4 unspecified atom stereocenters. The van der Waals surface area contributed by atoms with Crippen molar-refractivity contribution in [1.82, 2.24) is 4.90 Å². The first-order chi connectivity index (χ1) is 18.2. The standard InChI is InChI=1S/C31H40N2O4/c34-21-24-7-10-28(37-30-20-31(30)14-4-18-36-31)19-23(24)13-15-32-26-8-11-27(12-9-26)35-22-25-5-3-17-33-16-2-1-6-29(25)33/h7-13,15,19,25,29-30,32,34H,1-6,14,16-18,20-22H2/b15-13-. The van der Waals surface area contributed by atoms with Crippen LogP contribution in [0.2, 0.25) is 0 Å². The summed E-state index contributed by atoms with van der Waals surface area (Å²) in [6.45, 7) is 4.17. The predicted molar refractivity (Wildman–Crippen MR) is 146 cm³/mol. The van der Waals surface area contributed by atoms with Gasteiger partial charge in [0.05, 0.1) is 13.2 Å². The van der Waals surface area contributed by atoms with Crippen molar-refractivity contribution in [3.05, 3.63) is 59.8 Å². The van der Waals surface area contributed by atoms with Gasteiger partial charge in [-0.2, -0.15) is 0 Å². The summed E-state index contributed by atoms with van der Waals surface area (Å²) in [6, 6.07) is 14.8. The summed E-state index contributed by atoms with van der Waals surface area (Å²) in [5.74, 6) is 2.40. The van der Waals surface area contributed by atoms with Crippen LogP contribution >= 0.6 is 0 Å². The van der Waals surface area contributed by atoms with Crippen LogP contribution in [0.5, 0.6) is 11.5 Å². The second-order valence-corrected chi connectivity index (χ2v) is 11.2. The number of ether oxygens (including phenoxy) is 3. The molecule has 6 rings (SSSR count). The van der Waals surface area contributed by atoms with Crippen LogP contribution in [-0.4, -0.2) is 54.1 Å². The van der Waals surface area contributed by atoms with Crippen LogP contribution in [0.3, 0.4) is 0 Å². The largest absolute Gasteiger partial charge is 0.493 e. The molecule has 0 aromatic heterocycles. The van der Waals surface area contributed by atoms with Crippen molar-refractivity contribution in [1.29, 1.82) is 0 Å². The van der Waals surface area contributed by atoms with E-state index in [1.54, 1.807) is 0 Å². The minimum atomic E-state index is -0.0459. The molecule has 1 saturated carbocycles. The van der Waals surface area contributed by atoms with E-state index in [-0.39, 0.29) is 18.3 Å². The third kappa shape index (κ3) is 5.66. The molecule has 198 valence electrons. The van der Waals surface area contributed by atoms with E-state index >= 15 is 0 Å². The molecule has 6 nitrogen and oxygen atoms in total. The lowest BCUT2D eigenvalue weighted by atomic mass is 9.84. The van der Waals surface area contributed by atoms with Crippen molar-refractivity contribution >= 4 is 11.8 Å². The van der Waals surface area contributed by atoms with Crippen LogP contribution in [0.25, 0.3) is 6.08 Å². The highest BCUT2D eigenvalue weighted by Crippen LogP contribution is 2.49. The van der Waals surface area contributed by atoms with E-state index in [0.29, 0.717) is 12.0 Å². The van der Waals surface area contributed by atoms with E-state index in [4.69, 9.17) is 14.2 Å². The smallest absolute Gasteiger partial charge is 0.131 e. The van der Waals surface area contributed by atoms with Gasteiger partial charge in [0.1, 0.15) is 23.2 Å². The number of rotatable bonds is 9. The van der Waals surface area contributed by atoms with E-state index in [2.05, 4.69) is 10.2 Å². The van der Waals surface area contributed by atoms with Gasteiger partial charge in [-0.1, -0.05) is 12.5 Å². The third-order valence-electron chi connectivity index (χ3n) is 8.72. The van der Waals surface area contributed by atoms with Gasteiger partial charge in [-0.3, -0.25) is 4.90 Å². The topological polar surface area (TPSA) is 63.2 Å². The predicted octanol–water partition coefficient (Wildman–Crippen LogP) is 5.61. The van der Waals surface area contributed by atoms with Gasteiger partial charge in [0, 0.05) is 36.9 Å². The zero-order valence-electron chi connectivity index (χ0n) is 21.7. The van der Waals surface area contributed by atoms with E-state index < -0.39 is 0 Å². The molecule has 1 spiro atoms. The van der Waals surface area contributed by atoms with Gasteiger partial charge in [-0.25, -0.2) is 0 Å². The summed E-state index contributed by atoms with van der Waals surface area (Å²) in [5.41, 5.74) is 2.76. The Hall–Kier alpha value is -2.54. The van der Waals surface area contributed by atoms with Crippen LogP contribution in [-0.2, 0) is 11.3 Å². The SMILES string of the molecule is OCc1ccc(OC2CC23CCCO3)cc1/C=C\Nc1ccc(OCC2CCCN3CCCCC23)cc1. The molecule has 4 atom stereocenters. The number of anilines is 1. The maximum Gasteiger partial charge on any atom is 0.131 e. The number of hydrogen-bond donors (Lipinski definition) is 2. The first kappa shape index (κ1) is 24.8. The molecule has 2 N–H and O–H groups in total. The number of nitrogens with zero attached hydrogens (tertiary/aromatic N) is 1. The van der Waals surface area contributed by atoms with Crippen molar-refractivity contribution in [3.63, 3.8) is 0 Å². The Morgan fingerprint density at radius 3 is 2.73 bits per heavy atom. The number of nitrogens with one attached hydrogen (secondary N) is 1. The summed E-state index contributed by atoms with van der Waals surface area (Å²) < 4.78 is 18.3. The maximum atomic E-state index is 9.79. The molecule has 0 bridgehead atoms. The second-order valence-electron chi connectivity index (χ2n) is 11.2. The van der Waals surface area contributed by atoms with Crippen LogP contribution in [0.1, 0.15) is 62.5 Å².